The Balaban J connectivity index is 0.978. The minimum atomic E-state index is -0.493. The van der Waals surface area contributed by atoms with Gasteiger partial charge in [0.1, 0.15) is 0 Å². The lowest BCUT2D eigenvalue weighted by Crippen LogP contribution is -2.48. The largest absolute Gasteiger partial charge is 0.310 e. The smallest absolute Gasteiger partial charge is 0.0726 e. The zero-order chi connectivity index (χ0) is 48.4. The van der Waals surface area contributed by atoms with Gasteiger partial charge in [0.15, 0.2) is 0 Å². The van der Waals surface area contributed by atoms with Crippen molar-refractivity contribution in [2.24, 2.45) is 17.8 Å². The summed E-state index contributed by atoms with van der Waals surface area (Å²) < 4.78 is 0. The van der Waals surface area contributed by atoms with Crippen molar-refractivity contribution in [3.8, 4) is 44.5 Å². The SMILES string of the molecule is CC(C)(C)c1ccc2c(c1)C1(c3ccccc3-c3ccc(N(c4ccc(-c5ccccc5C56CC7CC(CC(C7)C5)C6)cc4)c4ccc5c(c4)C(C)(C)c4ccccc4-5)cc31)c1cc(C(C)(C)C)ccc1-2. The summed E-state index contributed by atoms with van der Waals surface area (Å²) in [5.74, 6) is 2.71. The van der Waals surface area contributed by atoms with Crippen LogP contribution in [0.5, 0.6) is 0 Å². The van der Waals surface area contributed by atoms with Crippen molar-refractivity contribution in [2.75, 3.05) is 4.90 Å². The molecule has 4 saturated carbocycles. The van der Waals surface area contributed by atoms with E-state index in [1.807, 2.05) is 0 Å². The van der Waals surface area contributed by atoms with Gasteiger partial charge >= 0.3 is 0 Å². The van der Waals surface area contributed by atoms with Gasteiger partial charge in [-0.05, 0) is 204 Å². The Morgan fingerprint density at radius 2 is 0.761 bits per heavy atom. The van der Waals surface area contributed by atoms with Crippen LogP contribution >= 0.6 is 0 Å². The summed E-state index contributed by atoms with van der Waals surface area (Å²) in [6.45, 7) is 19.0. The van der Waals surface area contributed by atoms with Gasteiger partial charge in [-0.15, -0.1) is 0 Å². The van der Waals surface area contributed by atoms with Crippen molar-refractivity contribution >= 4 is 17.1 Å². The Morgan fingerprint density at radius 3 is 1.30 bits per heavy atom. The fourth-order valence-electron chi connectivity index (χ4n) is 16.0. The van der Waals surface area contributed by atoms with E-state index in [0.717, 1.165) is 17.8 Å². The minimum Gasteiger partial charge on any atom is -0.310 e. The molecule has 352 valence electrons. The first kappa shape index (κ1) is 43.4. The van der Waals surface area contributed by atoms with Gasteiger partial charge in [-0.1, -0.05) is 189 Å². The summed E-state index contributed by atoms with van der Waals surface area (Å²) in [5.41, 5.74) is 26.7. The Bertz CT molecular complexity index is 3410. The van der Waals surface area contributed by atoms with Crippen LogP contribution < -0.4 is 4.90 Å². The van der Waals surface area contributed by atoms with Crippen molar-refractivity contribution in [3.05, 3.63) is 220 Å². The van der Waals surface area contributed by atoms with Crippen molar-refractivity contribution in [1.82, 2.24) is 0 Å². The zero-order valence-electron chi connectivity index (χ0n) is 43.1. The highest BCUT2D eigenvalue weighted by molar-refractivity contribution is 5.97. The summed E-state index contributed by atoms with van der Waals surface area (Å²) in [7, 11) is 0. The molecular weight excluding hydrogens is 855 g/mol. The molecule has 4 bridgehead atoms. The van der Waals surface area contributed by atoms with Gasteiger partial charge in [-0.2, -0.15) is 0 Å². The summed E-state index contributed by atoms with van der Waals surface area (Å²) in [6, 6.07) is 67.1. The van der Waals surface area contributed by atoms with Crippen LogP contribution in [0, 0.1) is 17.8 Å². The fourth-order valence-corrected chi connectivity index (χ4v) is 16.0. The van der Waals surface area contributed by atoms with Crippen LogP contribution in [-0.2, 0) is 27.1 Å². The van der Waals surface area contributed by atoms with Crippen molar-refractivity contribution in [2.45, 2.75) is 121 Å². The van der Waals surface area contributed by atoms with Crippen molar-refractivity contribution in [1.29, 1.82) is 0 Å². The Morgan fingerprint density at radius 1 is 0.366 bits per heavy atom. The number of hydrogen-bond acceptors (Lipinski definition) is 1. The lowest BCUT2D eigenvalue weighted by atomic mass is 9.47. The monoisotopic (exact) mass is 922 g/mol. The van der Waals surface area contributed by atoms with E-state index in [1.165, 1.54) is 145 Å². The molecule has 7 aliphatic carbocycles. The molecule has 0 amide bonds. The van der Waals surface area contributed by atoms with Crippen molar-refractivity contribution < 1.29 is 0 Å². The number of rotatable bonds is 5. The first-order chi connectivity index (χ1) is 34.1. The number of hydrogen-bond donors (Lipinski definition) is 0. The second-order valence-corrected chi connectivity index (χ2v) is 25.6. The van der Waals surface area contributed by atoms with E-state index in [4.69, 9.17) is 0 Å². The van der Waals surface area contributed by atoms with Gasteiger partial charge in [0, 0.05) is 22.5 Å². The maximum atomic E-state index is 2.59. The van der Waals surface area contributed by atoms with E-state index >= 15 is 0 Å². The topological polar surface area (TPSA) is 3.24 Å². The molecule has 7 aliphatic rings. The van der Waals surface area contributed by atoms with Crippen LogP contribution in [0.15, 0.2) is 170 Å². The summed E-state index contributed by atoms with van der Waals surface area (Å²) in [6.07, 6.45) is 8.49. The van der Waals surface area contributed by atoms with E-state index in [-0.39, 0.29) is 16.2 Å². The first-order valence-corrected chi connectivity index (χ1v) is 26.9. The van der Waals surface area contributed by atoms with Crippen LogP contribution in [0.1, 0.15) is 144 Å². The summed E-state index contributed by atoms with van der Waals surface area (Å²) in [5, 5.41) is 0. The molecule has 1 spiro atoms. The lowest BCUT2D eigenvalue weighted by molar-refractivity contribution is -0.00492. The predicted molar refractivity (Wildman–Crippen MR) is 298 cm³/mol. The fraction of sp³-hybridized carbons (Fsp3) is 0.314. The maximum absolute atomic E-state index is 2.59. The Hall–Kier alpha value is -6.44. The highest BCUT2D eigenvalue weighted by Crippen LogP contribution is 2.65. The van der Waals surface area contributed by atoms with Gasteiger partial charge in [0.05, 0.1) is 5.41 Å². The Kier molecular flexibility index (Phi) is 9.05. The predicted octanol–water partition coefficient (Wildman–Crippen LogP) is 18.5. The molecule has 71 heavy (non-hydrogen) atoms. The molecule has 0 saturated heterocycles. The number of anilines is 3. The molecule has 15 rings (SSSR count). The third-order valence-electron chi connectivity index (χ3n) is 19.0. The van der Waals surface area contributed by atoms with Gasteiger partial charge in [-0.25, -0.2) is 0 Å². The summed E-state index contributed by atoms with van der Waals surface area (Å²) >= 11 is 0. The molecule has 0 atom stereocenters. The average molecular weight is 922 g/mol. The molecule has 1 heteroatoms. The summed E-state index contributed by atoms with van der Waals surface area (Å²) in [4.78, 5) is 2.57. The molecule has 0 aliphatic heterocycles. The molecular formula is C70H67N. The van der Waals surface area contributed by atoms with E-state index in [1.54, 1.807) is 5.56 Å². The highest BCUT2D eigenvalue weighted by Gasteiger charge is 2.54. The van der Waals surface area contributed by atoms with Gasteiger partial charge in [0.25, 0.3) is 0 Å². The van der Waals surface area contributed by atoms with Crippen LogP contribution in [0.4, 0.5) is 17.1 Å². The maximum Gasteiger partial charge on any atom is 0.0726 e. The van der Waals surface area contributed by atoms with E-state index in [0.29, 0.717) is 5.41 Å². The van der Waals surface area contributed by atoms with Crippen LogP contribution in [0.2, 0.25) is 0 Å². The molecule has 4 fully saturated rings. The average Bonchev–Trinajstić information content (AvgIpc) is 3.92. The van der Waals surface area contributed by atoms with Crippen LogP contribution in [0.3, 0.4) is 0 Å². The van der Waals surface area contributed by atoms with E-state index < -0.39 is 5.41 Å². The lowest BCUT2D eigenvalue weighted by Gasteiger charge is -2.57. The molecule has 0 radical (unpaired) electrons. The van der Waals surface area contributed by atoms with Gasteiger partial charge in [0.2, 0.25) is 0 Å². The normalized spacial score (nSPS) is 22.2. The molecule has 0 heterocycles. The molecule has 1 nitrogen and oxygen atoms in total. The van der Waals surface area contributed by atoms with Gasteiger partial charge in [-0.3, -0.25) is 0 Å². The Labute approximate surface area is 423 Å². The minimum absolute atomic E-state index is 0.00983. The van der Waals surface area contributed by atoms with Gasteiger partial charge < -0.3 is 4.90 Å². The van der Waals surface area contributed by atoms with E-state index in [9.17, 15) is 0 Å². The van der Waals surface area contributed by atoms with Crippen LogP contribution in [0.25, 0.3) is 44.5 Å². The molecule has 8 aromatic carbocycles. The number of fused-ring (bicyclic) bond motifs is 13. The molecule has 0 unspecified atom stereocenters. The zero-order valence-corrected chi connectivity index (χ0v) is 43.1. The first-order valence-electron chi connectivity index (χ1n) is 26.9. The third kappa shape index (κ3) is 6.17. The highest BCUT2D eigenvalue weighted by atomic mass is 15.1. The van der Waals surface area contributed by atoms with Crippen LogP contribution in [-0.4, -0.2) is 0 Å². The number of nitrogens with zero attached hydrogens (tertiary/aromatic N) is 1. The quantitative estimate of drug-likeness (QED) is 0.166. The van der Waals surface area contributed by atoms with Crippen molar-refractivity contribution in [3.63, 3.8) is 0 Å². The molecule has 0 aromatic heterocycles. The molecule has 8 aromatic rings. The third-order valence-corrected chi connectivity index (χ3v) is 19.0. The second-order valence-electron chi connectivity index (χ2n) is 25.6. The second kappa shape index (κ2) is 14.8. The van der Waals surface area contributed by atoms with E-state index in [2.05, 4.69) is 230 Å². The number of benzene rings is 8. The standard InChI is InChI=1S/C70H67N/c1-66(2,3)47-23-29-56-57-30-24-48(67(4,5)6)37-64(57)70(63(56)36-47)61-20-14-11-17-54(61)58-32-28-51(39-65(58)70)71(50-27-31-55-53-16-10-12-18-59(53)68(7,8)62(55)38-50)49-25-21-46(22-26-49)52-15-9-13-19-60(52)69-40-43-33-44(41-69)35-45(34-43)42-69/h9-32,36-39,43-45H,33-35,40-42H2,1-8H3. The molecule has 0 N–H and O–H groups in total.